The fraction of sp³-hybridized carbons (Fsp3) is 0.167. The van der Waals surface area contributed by atoms with E-state index in [2.05, 4.69) is 11.8 Å². The number of rotatable bonds is 3. The molecule has 1 aromatic carbocycles. The van der Waals surface area contributed by atoms with Gasteiger partial charge in [0.1, 0.15) is 12.1 Å². The molecule has 0 radical (unpaired) electrons. The SMILES string of the molecule is CC(C#Cc1ccc([C@@H](O)c2cc3ccccc3s2)s1)N(O)C(N)=O. The van der Waals surface area contributed by atoms with Crippen LogP contribution in [0.1, 0.15) is 27.7 Å². The molecular weight excluding hydrogens is 356 g/mol. The molecular formula is C18H16N2O3S2. The van der Waals surface area contributed by atoms with Gasteiger partial charge in [0.05, 0.1) is 4.88 Å². The van der Waals surface area contributed by atoms with Gasteiger partial charge in [-0.15, -0.1) is 22.7 Å². The zero-order chi connectivity index (χ0) is 18.0. The molecule has 0 aliphatic heterocycles. The molecule has 1 unspecified atom stereocenters. The van der Waals surface area contributed by atoms with Gasteiger partial charge in [0, 0.05) is 14.5 Å². The maximum absolute atomic E-state index is 10.9. The fourth-order valence-corrected chi connectivity index (χ4v) is 4.29. The van der Waals surface area contributed by atoms with E-state index in [1.165, 1.54) is 11.3 Å². The molecule has 2 heterocycles. The minimum Gasteiger partial charge on any atom is -0.382 e. The number of hydrogen-bond acceptors (Lipinski definition) is 5. The lowest BCUT2D eigenvalue weighted by atomic mass is 10.2. The van der Waals surface area contributed by atoms with Crippen LogP contribution in [0.5, 0.6) is 0 Å². The molecule has 2 aromatic heterocycles. The zero-order valence-corrected chi connectivity index (χ0v) is 15.0. The molecule has 3 aromatic rings. The average Bonchev–Trinajstić information content (AvgIpc) is 3.24. The predicted molar refractivity (Wildman–Crippen MR) is 99.8 cm³/mol. The topological polar surface area (TPSA) is 86.8 Å². The Hall–Kier alpha value is -2.37. The fourth-order valence-electron chi connectivity index (χ4n) is 2.27. The third-order valence-corrected chi connectivity index (χ3v) is 5.83. The highest BCUT2D eigenvalue weighted by Gasteiger charge is 2.16. The molecule has 0 saturated carbocycles. The van der Waals surface area contributed by atoms with Gasteiger partial charge in [0.2, 0.25) is 0 Å². The Morgan fingerprint density at radius 3 is 2.68 bits per heavy atom. The van der Waals surface area contributed by atoms with Gasteiger partial charge >= 0.3 is 6.03 Å². The van der Waals surface area contributed by atoms with Crippen molar-refractivity contribution in [2.75, 3.05) is 0 Å². The summed E-state index contributed by atoms with van der Waals surface area (Å²) in [5.74, 6) is 5.63. The summed E-state index contributed by atoms with van der Waals surface area (Å²) in [7, 11) is 0. The Morgan fingerprint density at radius 1 is 1.20 bits per heavy atom. The van der Waals surface area contributed by atoms with E-state index in [9.17, 15) is 15.1 Å². The summed E-state index contributed by atoms with van der Waals surface area (Å²) in [5.41, 5.74) is 4.99. The number of thiophene rings is 2. The highest BCUT2D eigenvalue weighted by molar-refractivity contribution is 7.19. The zero-order valence-electron chi connectivity index (χ0n) is 13.3. The van der Waals surface area contributed by atoms with Gasteiger partial charge in [0.15, 0.2) is 0 Å². The van der Waals surface area contributed by atoms with Crippen LogP contribution in [-0.2, 0) is 0 Å². The number of nitrogens with zero attached hydrogens (tertiary/aromatic N) is 1. The normalized spacial score (nSPS) is 13.1. The molecule has 3 rings (SSSR count). The molecule has 4 N–H and O–H groups in total. The molecule has 0 fully saturated rings. The second-order valence-corrected chi connectivity index (χ2v) is 7.65. The number of benzene rings is 1. The minimum absolute atomic E-state index is 0.383. The van der Waals surface area contributed by atoms with Crippen LogP contribution in [0, 0.1) is 11.8 Å². The van der Waals surface area contributed by atoms with Crippen LogP contribution < -0.4 is 5.73 Å². The number of primary amides is 1. The van der Waals surface area contributed by atoms with Crippen molar-refractivity contribution in [2.45, 2.75) is 19.1 Å². The van der Waals surface area contributed by atoms with E-state index < -0.39 is 18.2 Å². The molecule has 0 bridgehead atoms. The predicted octanol–water partition coefficient (Wildman–Crippen LogP) is 3.55. The lowest BCUT2D eigenvalue weighted by molar-refractivity contribution is -0.0536. The van der Waals surface area contributed by atoms with Crippen LogP contribution in [0.2, 0.25) is 0 Å². The van der Waals surface area contributed by atoms with Gasteiger partial charge in [-0.3, -0.25) is 5.21 Å². The van der Waals surface area contributed by atoms with Crippen molar-refractivity contribution in [1.29, 1.82) is 0 Å². The van der Waals surface area contributed by atoms with Crippen LogP contribution in [0.15, 0.2) is 42.5 Å². The second kappa shape index (κ2) is 7.25. The Labute approximate surface area is 152 Å². The first-order valence-corrected chi connectivity index (χ1v) is 9.14. The molecule has 128 valence electrons. The number of fused-ring (bicyclic) bond motifs is 1. The second-order valence-electron chi connectivity index (χ2n) is 5.42. The third-order valence-electron chi connectivity index (χ3n) is 3.61. The number of urea groups is 1. The number of amides is 2. The van der Waals surface area contributed by atoms with E-state index in [4.69, 9.17) is 5.73 Å². The number of aliphatic hydroxyl groups excluding tert-OH is 1. The lowest BCUT2D eigenvalue weighted by Gasteiger charge is -2.14. The van der Waals surface area contributed by atoms with E-state index >= 15 is 0 Å². The molecule has 2 atom stereocenters. The van der Waals surface area contributed by atoms with E-state index in [1.807, 2.05) is 42.5 Å². The summed E-state index contributed by atoms with van der Waals surface area (Å²) < 4.78 is 1.14. The monoisotopic (exact) mass is 372 g/mol. The van der Waals surface area contributed by atoms with E-state index in [-0.39, 0.29) is 0 Å². The molecule has 0 spiro atoms. The van der Waals surface area contributed by atoms with Crippen molar-refractivity contribution in [3.8, 4) is 11.8 Å². The summed E-state index contributed by atoms with van der Waals surface area (Å²) in [5, 5.41) is 21.5. The van der Waals surface area contributed by atoms with E-state index in [0.717, 1.165) is 24.7 Å². The molecule has 2 amide bonds. The Kier molecular flexibility index (Phi) is 5.06. The number of carbonyl (C=O) groups excluding carboxylic acids is 1. The Balaban J connectivity index is 1.78. The van der Waals surface area contributed by atoms with E-state index in [0.29, 0.717) is 5.06 Å². The van der Waals surface area contributed by atoms with Crippen LogP contribution in [0.25, 0.3) is 10.1 Å². The number of nitrogens with two attached hydrogens (primary N) is 1. The number of aliphatic hydroxyl groups is 1. The summed E-state index contributed by atoms with van der Waals surface area (Å²) in [6.45, 7) is 1.57. The van der Waals surface area contributed by atoms with Gasteiger partial charge in [-0.1, -0.05) is 30.0 Å². The highest BCUT2D eigenvalue weighted by atomic mass is 32.1. The number of carbonyl (C=O) groups is 1. The summed E-state index contributed by atoms with van der Waals surface area (Å²) in [4.78, 5) is 13.3. The van der Waals surface area contributed by atoms with Crippen molar-refractivity contribution >= 4 is 38.8 Å². The Bertz CT molecular complexity index is 934. The summed E-state index contributed by atoms with van der Waals surface area (Å²) >= 11 is 2.94. The van der Waals surface area contributed by atoms with Crippen molar-refractivity contribution in [3.63, 3.8) is 0 Å². The standard InChI is InChI=1S/C18H16N2O3S2/c1-11(20(23)18(19)22)6-7-13-8-9-15(24-13)17(21)16-10-12-4-2-3-5-14(12)25-16/h2-5,8-11,17,21,23H,1H3,(H2,19,22)/t11?,17-/m1/s1. The largest absolute Gasteiger partial charge is 0.382 e. The van der Waals surface area contributed by atoms with Gasteiger partial charge in [-0.25, -0.2) is 4.79 Å². The summed E-state index contributed by atoms with van der Waals surface area (Å²) in [6, 6.07) is 12.0. The Morgan fingerprint density at radius 2 is 1.96 bits per heavy atom. The molecule has 25 heavy (non-hydrogen) atoms. The quantitative estimate of drug-likeness (QED) is 0.373. The van der Waals surface area contributed by atoms with Crippen LogP contribution in [0.4, 0.5) is 4.79 Å². The van der Waals surface area contributed by atoms with Crippen molar-refractivity contribution in [2.24, 2.45) is 5.73 Å². The molecule has 0 saturated heterocycles. The van der Waals surface area contributed by atoms with E-state index in [1.54, 1.807) is 18.3 Å². The van der Waals surface area contributed by atoms with Crippen LogP contribution in [-0.4, -0.2) is 27.4 Å². The van der Waals surface area contributed by atoms with Crippen molar-refractivity contribution in [3.05, 3.63) is 57.1 Å². The number of hydroxylamine groups is 2. The van der Waals surface area contributed by atoms with Crippen LogP contribution >= 0.6 is 22.7 Å². The lowest BCUT2D eigenvalue weighted by Crippen LogP contribution is -2.38. The molecule has 0 aliphatic rings. The maximum Gasteiger partial charge on any atom is 0.339 e. The maximum atomic E-state index is 10.9. The minimum atomic E-state index is -0.950. The first-order valence-electron chi connectivity index (χ1n) is 7.51. The number of hydrogen-bond donors (Lipinski definition) is 3. The first-order chi connectivity index (χ1) is 12.0. The van der Waals surface area contributed by atoms with Gasteiger partial charge in [-0.05, 0) is 36.6 Å². The highest BCUT2D eigenvalue weighted by Crippen LogP contribution is 2.35. The van der Waals surface area contributed by atoms with Crippen molar-refractivity contribution in [1.82, 2.24) is 5.06 Å². The molecule has 0 aliphatic carbocycles. The van der Waals surface area contributed by atoms with Crippen LogP contribution in [0.3, 0.4) is 0 Å². The molecule has 5 nitrogen and oxygen atoms in total. The average molecular weight is 372 g/mol. The molecule has 7 heteroatoms. The van der Waals surface area contributed by atoms with Crippen molar-refractivity contribution < 1.29 is 15.1 Å². The first kappa shape index (κ1) is 17.5. The third kappa shape index (κ3) is 3.83. The smallest absolute Gasteiger partial charge is 0.339 e. The summed E-state index contributed by atoms with van der Waals surface area (Å²) in [6.07, 6.45) is -0.699. The van der Waals surface area contributed by atoms with Gasteiger partial charge < -0.3 is 10.8 Å². The van der Waals surface area contributed by atoms with Gasteiger partial charge in [0.25, 0.3) is 0 Å². The van der Waals surface area contributed by atoms with Gasteiger partial charge in [-0.2, -0.15) is 5.06 Å².